The molecule has 0 aromatic carbocycles. The van der Waals surface area contributed by atoms with Crippen molar-refractivity contribution < 1.29 is 9.21 Å². The molecule has 1 saturated carbocycles. The van der Waals surface area contributed by atoms with Gasteiger partial charge in [0, 0.05) is 18.2 Å². The van der Waals surface area contributed by atoms with Crippen LogP contribution in [0.5, 0.6) is 0 Å². The Morgan fingerprint density at radius 1 is 1.38 bits per heavy atom. The van der Waals surface area contributed by atoms with Crippen LogP contribution in [0, 0.1) is 13.8 Å². The number of aromatic nitrogens is 2. The van der Waals surface area contributed by atoms with Crippen molar-refractivity contribution in [2.24, 2.45) is 0 Å². The molecule has 1 aliphatic rings. The van der Waals surface area contributed by atoms with E-state index < -0.39 is 0 Å². The van der Waals surface area contributed by atoms with Crippen LogP contribution in [-0.2, 0) is 11.3 Å². The van der Waals surface area contributed by atoms with Crippen molar-refractivity contribution in [2.75, 3.05) is 11.9 Å². The number of nitrogens with zero attached hydrogens (tertiary/aromatic N) is 2. The van der Waals surface area contributed by atoms with Crippen molar-refractivity contribution in [1.82, 2.24) is 15.1 Å². The van der Waals surface area contributed by atoms with Gasteiger partial charge in [-0.15, -0.1) is 0 Å². The third-order valence-corrected chi connectivity index (χ3v) is 4.80. The van der Waals surface area contributed by atoms with Crippen molar-refractivity contribution in [3.8, 4) is 0 Å². The highest BCUT2D eigenvalue weighted by molar-refractivity contribution is 5.93. The zero-order valence-electron chi connectivity index (χ0n) is 14.5. The van der Waals surface area contributed by atoms with Crippen molar-refractivity contribution in [3.05, 3.63) is 35.5 Å². The summed E-state index contributed by atoms with van der Waals surface area (Å²) < 4.78 is 5.18. The van der Waals surface area contributed by atoms with Crippen LogP contribution in [0.15, 0.2) is 23.0 Å². The van der Waals surface area contributed by atoms with Gasteiger partial charge in [-0.25, -0.2) is 0 Å². The first-order valence-electron chi connectivity index (χ1n) is 8.70. The Balaban J connectivity index is 1.67. The normalized spacial score (nSPS) is 15.8. The molecular formula is C18H26N4O2. The van der Waals surface area contributed by atoms with E-state index in [0.717, 1.165) is 42.0 Å². The molecule has 130 valence electrons. The number of hydrogen-bond acceptors (Lipinski definition) is 4. The van der Waals surface area contributed by atoms with E-state index in [4.69, 9.17) is 4.42 Å². The molecule has 0 saturated heterocycles. The molecule has 0 atom stereocenters. The minimum Gasteiger partial charge on any atom is -0.472 e. The van der Waals surface area contributed by atoms with Crippen LogP contribution in [0.1, 0.15) is 49.1 Å². The highest BCUT2D eigenvalue weighted by atomic mass is 16.3. The molecule has 0 radical (unpaired) electrons. The average molecular weight is 330 g/mol. The number of aryl methyl sites for hydroxylation is 2. The molecule has 6 nitrogen and oxygen atoms in total. The van der Waals surface area contributed by atoms with Gasteiger partial charge in [0.05, 0.1) is 36.1 Å². The summed E-state index contributed by atoms with van der Waals surface area (Å²) in [5, 5.41) is 10.0. The van der Waals surface area contributed by atoms with E-state index in [1.54, 1.807) is 12.5 Å². The number of anilines is 1. The quantitative estimate of drug-likeness (QED) is 0.851. The molecule has 0 unspecified atom stereocenters. The van der Waals surface area contributed by atoms with E-state index in [0.29, 0.717) is 12.6 Å². The second-order valence-electron chi connectivity index (χ2n) is 6.69. The Morgan fingerprint density at radius 3 is 2.79 bits per heavy atom. The lowest BCUT2D eigenvalue weighted by molar-refractivity contribution is -0.118. The molecular weight excluding hydrogens is 304 g/mol. The molecule has 0 bridgehead atoms. The molecule has 2 N–H and O–H groups in total. The number of hydrogen-bond donors (Lipinski definition) is 2. The van der Waals surface area contributed by atoms with Crippen molar-refractivity contribution >= 4 is 11.6 Å². The number of rotatable bonds is 6. The molecule has 2 aromatic rings. The van der Waals surface area contributed by atoms with E-state index in [1.165, 1.54) is 19.3 Å². The van der Waals surface area contributed by atoms with Gasteiger partial charge in [0.1, 0.15) is 0 Å². The summed E-state index contributed by atoms with van der Waals surface area (Å²) in [5.74, 6) is 0.0108. The number of nitrogens with one attached hydrogen (secondary N) is 2. The first-order chi connectivity index (χ1) is 11.6. The number of carbonyl (C=O) groups excluding carboxylic acids is 1. The van der Waals surface area contributed by atoms with Crippen LogP contribution in [0.2, 0.25) is 0 Å². The van der Waals surface area contributed by atoms with Gasteiger partial charge >= 0.3 is 0 Å². The van der Waals surface area contributed by atoms with E-state index in [1.807, 2.05) is 19.9 Å². The maximum Gasteiger partial charge on any atom is 0.238 e. The van der Waals surface area contributed by atoms with Crippen LogP contribution in [0.25, 0.3) is 0 Å². The molecule has 0 aliphatic heterocycles. The molecule has 3 rings (SSSR count). The summed E-state index contributed by atoms with van der Waals surface area (Å²) in [5.41, 5.74) is 3.62. The van der Waals surface area contributed by atoms with Crippen LogP contribution in [0.3, 0.4) is 0 Å². The summed E-state index contributed by atoms with van der Waals surface area (Å²) >= 11 is 0. The molecule has 1 amide bonds. The van der Waals surface area contributed by atoms with Gasteiger partial charge in [-0.2, -0.15) is 5.10 Å². The highest BCUT2D eigenvalue weighted by Gasteiger charge is 2.24. The van der Waals surface area contributed by atoms with E-state index in [-0.39, 0.29) is 5.91 Å². The molecule has 6 heteroatoms. The SMILES string of the molecule is Cc1n[nH]c(C)c1NC(=O)CN(Cc1ccoc1)C1CCCCC1. The Hall–Kier alpha value is -2.08. The van der Waals surface area contributed by atoms with E-state index in [9.17, 15) is 4.79 Å². The summed E-state index contributed by atoms with van der Waals surface area (Å²) in [6.45, 7) is 4.95. The van der Waals surface area contributed by atoms with Crippen molar-refractivity contribution in [3.63, 3.8) is 0 Å². The predicted molar refractivity (Wildman–Crippen MR) is 92.7 cm³/mol. The van der Waals surface area contributed by atoms with E-state index >= 15 is 0 Å². The molecule has 24 heavy (non-hydrogen) atoms. The number of H-pyrrole nitrogens is 1. The monoisotopic (exact) mass is 330 g/mol. The zero-order chi connectivity index (χ0) is 16.9. The van der Waals surface area contributed by atoms with Crippen molar-refractivity contribution in [2.45, 2.75) is 58.5 Å². The summed E-state index contributed by atoms with van der Waals surface area (Å²) in [6, 6.07) is 2.43. The molecule has 1 aliphatic carbocycles. The standard InChI is InChI=1S/C18H26N4O2/c1-13-18(14(2)21-20-13)19-17(23)11-22(10-15-8-9-24-12-15)16-6-4-3-5-7-16/h8-9,12,16H,3-7,10-11H2,1-2H3,(H,19,23)(H,20,21). The van der Waals surface area contributed by atoms with Gasteiger partial charge in [-0.3, -0.25) is 14.8 Å². The zero-order valence-corrected chi connectivity index (χ0v) is 14.5. The minimum atomic E-state index is 0.0108. The Bertz CT molecular complexity index is 637. The van der Waals surface area contributed by atoms with Crippen LogP contribution < -0.4 is 5.32 Å². The number of amides is 1. The summed E-state index contributed by atoms with van der Waals surface area (Å²) in [7, 11) is 0. The van der Waals surface area contributed by atoms with Crippen LogP contribution >= 0.6 is 0 Å². The van der Waals surface area contributed by atoms with Gasteiger partial charge < -0.3 is 9.73 Å². The third-order valence-electron chi connectivity index (χ3n) is 4.80. The summed E-state index contributed by atoms with van der Waals surface area (Å²) in [6.07, 6.45) is 9.56. The lowest BCUT2D eigenvalue weighted by Crippen LogP contribution is -2.41. The van der Waals surface area contributed by atoms with Crippen LogP contribution in [0.4, 0.5) is 5.69 Å². The number of carbonyl (C=O) groups is 1. The highest BCUT2D eigenvalue weighted by Crippen LogP contribution is 2.24. The lowest BCUT2D eigenvalue weighted by Gasteiger charge is -2.33. The second kappa shape index (κ2) is 7.66. The minimum absolute atomic E-state index is 0.0108. The average Bonchev–Trinajstić information content (AvgIpc) is 3.20. The predicted octanol–water partition coefficient (Wildman–Crippen LogP) is 3.39. The maximum atomic E-state index is 12.6. The van der Waals surface area contributed by atoms with Crippen LogP contribution in [-0.4, -0.2) is 33.6 Å². The molecule has 2 heterocycles. The fourth-order valence-corrected chi connectivity index (χ4v) is 3.48. The van der Waals surface area contributed by atoms with Gasteiger partial charge in [-0.05, 0) is 32.8 Å². The topological polar surface area (TPSA) is 74.2 Å². The fraction of sp³-hybridized carbons (Fsp3) is 0.556. The van der Waals surface area contributed by atoms with E-state index in [2.05, 4.69) is 20.4 Å². The lowest BCUT2D eigenvalue weighted by atomic mass is 9.94. The Kier molecular flexibility index (Phi) is 5.35. The smallest absolute Gasteiger partial charge is 0.238 e. The third kappa shape index (κ3) is 4.06. The number of furan rings is 1. The molecule has 0 spiro atoms. The van der Waals surface area contributed by atoms with Gasteiger partial charge in [-0.1, -0.05) is 19.3 Å². The number of aromatic amines is 1. The molecule has 2 aromatic heterocycles. The fourth-order valence-electron chi connectivity index (χ4n) is 3.48. The maximum absolute atomic E-state index is 12.6. The first-order valence-corrected chi connectivity index (χ1v) is 8.70. The largest absolute Gasteiger partial charge is 0.472 e. The van der Waals surface area contributed by atoms with Crippen molar-refractivity contribution in [1.29, 1.82) is 0 Å². The van der Waals surface area contributed by atoms with Gasteiger partial charge in [0.25, 0.3) is 0 Å². The van der Waals surface area contributed by atoms with Gasteiger partial charge in [0.15, 0.2) is 0 Å². The summed E-state index contributed by atoms with van der Waals surface area (Å²) in [4.78, 5) is 14.9. The van der Waals surface area contributed by atoms with Gasteiger partial charge in [0.2, 0.25) is 5.91 Å². The Labute approximate surface area is 142 Å². The second-order valence-corrected chi connectivity index (χ2v) is 6.69. The molecule has 1 fully saturated rings. The Morgan fingerprint density at radius 2 is 2.17 bits per heavy atom. The first kappa shape index (κ1) is 16.8.